The zero-order valence-electron chi connectivity index (χ0n) is 12.6. The number of benzene rings is 1. The quantitative estimate of drug-likeness (QED) is 0.887. The van der Waals surface area contributed by atoms with Crippen molar-refractivity contribution in [3.63, 3.8) is 0 Å². The van der Waals surface area contributed by atoms with Gasteiger partial charge < -0.3 is 10.6 Å². The average Bonchev–Trinajstić information content (AvgIpc) is 2.37. The van der Waals surface area contributed by atoms with Crippen molar-refractivity contribution in [1.82, 2.24) is 4.90 Å². The number of carbonyl (C=O) groups excluding carboxylic acids is 1. The first-order valence-electron chi connectivity index (χ1n) is 7.00. The Morgan fingerprint density at radius 2 is 1.74 bits per heavy atom. The van der Waals surface area contributed by atoms with E-state index in [0.29, 0.717) is 13.1 Å². The summed E-state index contributed by atoms with van der Waals surface area (Å²) in [6, 6.07) is 7.92. The molecule has 0 bridgehead atoms. The fourth-order valence-electron chi connectivity index (χ4n) is 2.04. The molecule has 0 aromatic heterocycles. The van der Waals surface area contributed by atoms with Crippen molar-refractivity contribution >= 4 is 5.91 Å². The molecule has 0 saturated carbocycles. The molecule has 2 N–H and O–H groups in total. The molecule has 0 saturated heterocycles. The van der Waals surface area contributed by atoms with E-state index >= 15 is 0 Å². The molecule has 0 atom stereocenters. The lowest BCUT2D eigenvalue weighted by Gasteiger charge is -2.23. The second-order valence-corrected chi connectivity index (χ2v) is 5.91. The number of carbonyl (C=O) groups is 1. The van der Waals surface area contributed by atoms with E-state index in [9.17, 15) is 4.79 Å². The summed E-state index contributed by atoms with van der Waals surface area (Å²) in [5.41, 5.74) is 7.66. The summed E-state index contributed by atoms with van der Waals surface area (Å²) in [5, 5.41) is 0. The molecule has 0 unspecified atom stereocenters. The summed E-state index contributed by atoms with van der Waals surface area (Å²) in [7, 11) is 0. The van der Waals surface area contributed by atoms with Gasteiger partial charge in [0.25, 0.3) is 5.91 Å². The fraction of sp³-hybridized carbons (Fsp3) is 0.562. The molecule has 1 aromatic rings. The first-order chi connectivity index (χ1) is 8.90. The van der Waals surface area contributed by atoms with Crippen LogP contribution in [0, 0.1) is 0 Å². The molecule has 0 radical (unpaired) electrons. The number of hydrogen-bond acceptors (Lipinski definition) is 2. The lowest BCUT2D eigenvalue weighted by Crippen LogP contribution is -2.36. The van der Waals surface area contributed by atoms with Gasteiger partial charge in [0.05, 0.1) is 0 Å². The maximum Gasteiger partial charge on any atom is 0.253 e. The summed E-state index contributed by atoms with van der Waals surface area (Å²) in [6.07, 6.45) is 0.950. The van der Waals surface area contributed by atoms with Crippen molar-refractivity contribution in [3.05, 3.63) is 35.4 Å². The molecule has 106 valence electrons. The normalized spacial score (nSPS) is 11.4. The Labute approximate surface area is 116 Å². The van der Waals surface area contributed by atoms with Crippen molar-refractivity contribution < 1.29 is 4.79 Å². The molecule has 0 spiro atoms. The van der Waals surface area contributed by atoms with E-state index in [1.807, 2.05) is 29.2 Å². The van der Waals surface area contributed by atoms with Crippen LogP contribution in [-0.4, -0.2) is 30.4 Å². The zero-order chi connectivity index (χ0) is 14.5. The van der Waals surface area contributed by atoms with E-state index < -0.39 is 0 Å². The van der Waals surface area contributed by atoms with Gasteiger partial charge >= 0.3 is 0 Å². The van der Waals surface area contributed by atoms with Crippen LogP contribution in [0.15, 0.2) is 24.3 Å². The monoisotopic (exact) mass is 262 g/mol. The van der Waals surface area contributed by atoms with Crippen molar-refractivity contribution in [1.29, 1.82) is 0 Å². The third-order valence-corrected chi connectivity index (χ3v) is 3.18. The van der Waals surface area contributed by atoms with Crippen LogP contribution in [-0.2, 0) is 5.41 Å². The van der Waals surface area contributed by atoms with Crippen LogP contribution < -0.4 is 5.73 Å². The van der Waals surface area contributed by atoms with Gasteiger partial charge in [-0.15, -0.1) is 0 Å². The molecule has 3 heteroatoms. The topological polar surface area (TPSA) is 46.3 Å². The van der Waals surface area contributed by atoms with Crippen molar-refractivity contribution in [2.24, 2.45) is 5.73 Å². The fourth-order valence-corrected chi connectivity index (χ4v) is 2.04. The van der Waals surface area contributed by atoms with Gasteiger partial charge in [0, 0.05) is 25.2 Å². The van der Waals surface area contributed by atoms with Gasteiger partial charge in [-0.1, -0.05) is 39.8 Å². The SMILES string of the molecule is CCCN(CCN)C(=O)c1ccc(C(C)(C)C)cc1. The van der Waals surface area contributed by atoms with E-state index in [1.54, 1.807) is 0 Å². The van der Waals surface area contributed by atoms with E-state index in [0.717, 1.165) is 18.5 Å². The third-order valence-electron chi connectivity index (χ3n) is 3.18. The van der Waals surface area contributed by atoms with Gasteiger partial charge in [-0.3, -0.25) is 4.79 Å². The molecule has 1 rings (SSSR count). The Bertz CT molecular complexity index is 398. The summed E-state index contributed by atoms with van der Waals surface area (Å²) in [5.74, 6) is 0.0766. The third kappa shape index (κ3) is 4.35. The Kier molecular flexibility index (Phi) is 5.55. The molecule has 19 heavy (non-hydrogen) atoms. The maximum absolute atomic E-state index is 12.4. The van der Waals surface area contributed by atoms with E-state index in [2.05, 4.69) is 27.7 Å². The molecule has 0 aliphatic carbocycles. The summed E-state index contributed by atoms with van der Waals surface area (Å²) >= 11 is 0. The predicted octanol–water partition coefficient (Wildman–Crippen LogP) is 2.80. The van der Waals surface area contributed by atoms with Crippen LogP contribution >= 0.6 is 0 Å². The van der Waals surface area contributed by atoms with Crippen LogP contribution in [0.4, 0.5) is 0 Å². The lowest BCUT2D eigenvalue weighted by atomic mass is 9.86. The Balaban J connectivity index is 2.87. The molecule has 3 nitrogen and oxygen atoms in total. The molecule has 1 aromatic carbocycles. The highest BCUT2D eigenvalue weighted by molar-refractivity contribution is 5.94. The molecular weight excluding hydrogens is 236 g/mol. The summed E-state index contributed by atoms with van der Waals surface area (Å²) < 4.78 is 0. The summed E-state index contributed by atoms with van der Waals surface area (Å²) in [6.45, 7) is 10.5. The minimum Gasteiger partial charge on any atom is -0.337 e. The molecule has 0 heterocycles. The van der Waals surface area contributed by atoms with E-state index in [4.69, 9.17) is 5.73 Å². The van der Waals surface area contributed by atoms with Crippen LogP contribution in [0.1, 0.15) is 50.0 Å². The van der Waals surface area contributed by atoms with Crippen LogP contribution in [0.2, 0.25) is 0 Å². The van der Waals surface area contributed by atoms with Crippen LogP contribution in [0.25, 0.3) is 0 Å². The van der Waals surface area contributed by atoms with Crippen molar-refractivity contribution in [3.8, 4) is 0 Å². The lowest BCUT2D eigenvalue weighted by molar-refractivity contribution is 0.0760. The summed E-state index contributed by atoms with van der Waals surface area (Å²) in [4.78, 5) is 14.2. The second kappa shape index (κ2) is 6.71. The second-order valence-electron chi connectivity index (χ2n) is 5.91. The number of nitrogens with two attached hydrogens (primary N) is 1. The first-order valence-corrected chi connectivity index (χ1v) is 7.00. The standard InChI is InChI=1S/C16H26N2O/c1-5-11-18(12-10-17)15(19)13-6-8-14(9-7-13)16(2,3)4/h6-9H,5,10-12,17H2,1-4H3. The molecule has 0 fully saturated rings. The van der Waals surface area contributed by atoms with Crippen molar-refractivity contribution in [2.75, 3.05) is 19.6 Å². The molecule has 0 aliphatic heterocycles. The number of amides is 1. The van der Waals surface area contributed by atoms with Gasteiger partial charge in [-0.25, -0.2) is 0 Å². The van der Waals surface area contributed by atoms with Gasteiger partial charge in [-0.05, 0) is 29.5 Å². The molecule has 1 amide bonds. The Hall–Kier alpha value is -1.35. The average molecular weight is 262 g/mol. The van der Waals surface area contributed by atoms with Gasteiger partial charge in [0.15, 0.2) is 0 Å². The highest BCUT2D eigenvalue weighted by Crippen LogP contribution is 2.22. The van der Waals surface area contributed by atoms with Crippen molar-refractivity contribution in [2.45, 2.75) is 39.5 Å². The van der Waals surface area contributed by atoms with Gasteiger partial charge in [-0.2, -0.15) is 0 Å². The number of hydrogen-bond donors (Lipinski definition) is 1. The van der Waals surface area contributed by atoms with E-state index in [1.165, 1.54) is 5.56 Å². The highest BCUT2D eigenvalue weighted by atomic mass is 16.2. The zero-order valence-corrected chi connectivity index (χ0v) is 12.6. The minimum absolute atomic E-state index is 0.0766. The van der Waals surface area contributed by atoms with E-state index in [-0.39, 0.29) is 11.3 Å². The minimum atomic E-state index is 0.0766. The first kappa shape index (κ1) is 15.7. The number of rotatable bonds is 5. The maximum atomic E-state index is 12.4. The number of nitrogens with zero attached hydrogens (tertiary/aromatic N) is 1. The Morgan fingerprint density at radius 3 is 2.16 bits per heavy atom. The molecule has 0 aliphatic rings. The van der Waals surface area contributed by atoms with Gasteiger partial charge in [0.1, 0.15) is 0 Å². The predicted molar refractivity (Wildman–Crippen MR) is 80.4 cm³/mol. The van der Waals surface area contributed by atoms with Crippen LogP contribution in [0.3, 0.4) is 0 Å². The van der Waals surface area contributed by atoms with Crippen LogP contribution in [0.5, 0.6) is 0 Å². The molecular formula is C16H26N2O. The van der Waals surface area contributed by atoms with Gasteiger partial charge in [0.2, 0.25) is 0 Å². The largest absolute Gasteiger partial charge is 0.337 e. The smallest absolute Gasteiger partial charge is 0.253 e. The Morgan fingerprint density at radius 1 is 1.16 bits per heavy atom. The highest BCUT2D eigenvalue weighted by Gasteiger charge is 2.17.